The molecule has 4 aromatic rings. The number of aromatic hydroxyl groups is 1. The summed E-state index contributed by atoms with van der Waals surface area (Å²) in [5.41, 5.74) is 4.98. The number of aryl methyl sites for hydroxylation is 1. The molecule has 1 amide bonds. The van der Waals surface area contributed by atoms with Crippen molar-refractivity contribution in [1.82, 2.24) is 15.2 Å². The molecule has 1 aromatic heterocycles. The van der Waals surface area contributed by atoms with Crippen LogP contribution in [0.4, 0.5) is 0 Å². The van der Waals surface area contributed by atoms with Crippen molar-refractivity contribution in [3.63, 3.8) is 0 Å². The number of nitrogens with one attached hydrogen (secondary N) is 2. The number of aromatic nitrogens is 1. The van der Waals surface area contributed by atoms with Crippen LogP contribution in [0.25, 0.3) is 10.9 Å². The Morgan fingerprint density at radius 1 is 1.00 bits per heavy atom. The summed E-state index contributed by atoms with van der Waals surface area (Å²) >= 11 is 0. The fraction of sp³-hybridized carbons (Fsp3) is 0.323. The number of fused-ring (bicyclic) bond motifs is 1. The first-order chi connectivity index (χ1) is 17.5. The number of phenolic OH excluding ortho intramolecular Hbond substituents is 1. The number of phenols is 1. The fourth-order valence-electron chi connectivity index (χ4n) is 5.56. The third kappa shape index (κ3) is 5.68. The lowest BCUT2D eigenvalue weighted by molar-refractivity contribution is 0.0932. The lowest BCUT2D eigenvalue weighted by Crippen LogP contribution is -2.33. The summed E-state index contributed by atoms with van der Waals surface area (Å²) in [6.45, 7) is 5.85. The van der Waals surface area contributed by atoms with Crippen LogP contribution >= 0.6 is 12.4 Å². The highest BCUT2D eigenvalue weighted by atomic mass is 35.5. The minimum absolute atomic E-state index is 0. The number of carbonyl (C=O) groups is 1. The van der Waals surface area contributed by atoms with Crippen molar-refractivity contribution in [2.75, 3.05) is 6.54 Å². The van der Waals surface area contributed by atoms with Gasteiger partial charge in [-0.15, -0.1) is 12.4 Å². The van der Waals surface area contributed by atoms with Gasteiger partial charge in [0.1, 0.15) is 11.4 Å². The van der Waals surface area contributed by atoms with E-state index in [0.717, 1.165) is 52.8 Å². The van der Waals surface area contributed by atoms with E-state index in [1.165, 1.54) is 12.8 Å². The maximum atomic E-state index is 13.9. The van der Waals surface area contributed by atoms with E-state index in [0.29, 0.717) is 6.04 Å². The Kier molecular flexibility index (Phi) is 8.57. The van der Waals surface area contributed by atoms with Crippen LogP contribution in [0.5, 0.6) is 5.75 Å². The summed E-state index contributed by atoms with van der Waals surface area (Å²) in [7, 11) is 0. The molecule has 37 heavy (non-hydrogen) atoms. The third-order valence-electron chi connectivity index (χ3n) is 7.16. The van der Waals surface area contributed by atoms with Gasteiger partial charge < -0.3 is 20.3 Å². The molecule has 0 spiro atoms. The summed E-state index contributed by atoms with van der Waals surface area (Å²) in [6, 6.07) is 26.6. The standard InChI is InChI=1S/C31H35N3O2.ClH/c1-21(2)33-31(36)30-29(28(22-9-4-3-5-10-22)23-14-16-25(35)17-15-23)26-12-6-7-13-27(26)34(30)20-18-24-11-8-19-32-24;/h3-7,9-10,12-17,21,24,28,32,35H,8,11,18-20H2,1-2H3,(H,33,36);1H. The van der Waals surface area contributed by atoms with E-state index < -0.39 is 0 Å². The summed E-state index contributed by atoms with van der Waals surface area (Å²) < 4.78 is 2.23. The predicted octanol–water partition coefficient (Wildman–Crippen LogP) is 6.23. The van der Waals surface area contributed by atoms with Gasteiger partial charge in [-0.2, -0.15) is 0 Å². The van der Waals surface area contributed by atoms with Gasteiger partial charge in [0.15, 0.2) is 0 Å². The summed E-state index contributed by atoms with van der Waals surface area (Å²) in [4.78, 5) is 13.9. The largest absolute Gasteiger partial charge is 0.508 e. The molecule has 0 radical (unpaired) electrons. The minimum atomic E-state index is -0.157. The average molecular weight is 518 g/mol. The first-order valence-electron chi connectivity index (χ1n) is 13.0. The molecule has 0 aliphatic carbocycles. The van der Waals surface area contributed by atoms with Crippen molar-refractivity contribution >= 4 is 29.2 Å². The molecular weight excluding hydrogens is 482 g/mol. The second-order valence-corrected chi connectivity index (χ2v) is 10.1. The molecule has 6 heteroatoms. The van der Waals surface area contributed by atoms with Gasteiger partial charge in [0.05, 0.1) is 0 Å². The zero-order valence-electron chi connectivity index (χ0n) is 21.5. The highest BCUT2D eigenvalue weighted by molar-refractivity contribution is 6.03. The van der Waals surface area contributed by atoms with Crippen molar-refractivity contribution in [1.29, 1.82) is 0 Å². The van der Waals surface area contributed by atoms with Crippen molar-refractivity contribution in [2.45, 2.75) is 57.7 Å². The molecule has 0 saturated carbocycles. The Labute approximate surface area is 225 Å². The van der Waals surface area contributed by atoms with Crippen LogP contribution in [0.15, 0.2) is 78.9 Å². The highest BCUT2D eigenvalue weighted by Crippen LogP contribution is 2.40. The van der Waals surface area contributed by atoms with E-state index in [-0.39, 0.29) is 36.0 Å². The second kappa shape index (κ2) is 11.8. The number of benzene rings is 3. The molecule has 3 N–H and O–H groups in total. The van der Waals surface area contributed by atoms with Gasteiger partial charge >= 0.3 is 0 Å². The van der Waals surface area contributed by atoms with Crippen molar-refractivity contribution < 1.29 is 9.90 Å². The minimum Gasteiger partial charge on any atom is -0.508 e. The molecule has 1 saturated heterocycles. The molecular formula is C31H36ClN3O2. The van der Waals surface area contributed by atoms with Gasteiger partial charge in [-0.1, -0.05) is 60.7 Å². The van der Waals surface area contributed by atoms with Crippen molar-refractivity contribution in [3.05, 3.63) is 101 Å². The van der Waals surface area contributed by atoms with Crippen molar-refractivity contribution in [2.24, 2.45) is 0 Å². The Hall–Kier alpha value is -3.28. The van der Waals surface area contributed by atoms with Gasteiger partial charge in [0, 0.05) is 41.0 Å². The number of para-hydroxylation sites is 1. The molecule has 2 unspecified atom stereocenters. The number of hydrogen-bond acceptors (Lipinski definition) is 3. The Morgan fingerprint density at radius 2 is 1.68 bits per heavy atom. The summed E-state index contributed by atoms with van der Waals surface area (Å²) in [6.07, 6.45) is 3.37. The number of halogens is 1. The second-order valence-electron chi connectivity index (χ2n) is 10.1. The first-order valence-corrected chi connectivity index (χ1v) is 13.0. The molecule has 194 valence electrons. The SMILES string of the molecule is CC(C)NC(=O)c1c(C(c2ccccc2)c2ccc(O)cc2)c2ccccc2n1CCC1CCCN1.Cl. The number of amides is 1. The van der Waals surface area contributed by atoms with Gasteiger partial charge in [0.2, 0.25) is 0 Å². The monoisotopic (exact) mass is 517 g/mol. The number of carbonyl (C=O) groups excluding carboxylic acids is 1. The van der Waals surface area contributed by atoms with Gasteiger partial charge in [0.25, 0.3) is 5.91 Å². The molecule has 3 aromatic carbocycles. The number of rotatable bonds is 8. The van der Waals surface area contributed by atoms with E-state index >= 15 is 0 Å². The van der Waals surface area contributed by atoms with Crippen LogP contribution in [0.3, 0.4) is 0 Å². The number of nitrogens with zero attached hydrogens (tertiary/aromatic N) is 1. The van der Waals surface area contributed by atoms with Crippen LogP contribution < -0.4 is 10.6 Å². The zero-order valence-corrected chi connectivity index (χ0v) is 22.3. The molecule has 2 heterocycles. The average Bonchev–Trinajstić information content (AvgIpc) is 3.51. The quantitative estimate of drug-likeness (QED) is 0.259. The van der Waals surface area contributed by atoms with Crippen LogP contribution in [-0.4, -0.2) is 34.2 Å². The van der Waals surface area contributed by atoms with Crippen LogP contribution in [0, 0.1) is 0 Å². The molecule has 0 bridgehead atoms. The maximum absolute atomic E-state index is 13.9. The smallest absolute Gasteiger partial charge is 0.268 e. The predicted molar refractivity (Wildman–Crippen MR) is 153 cm³/mol. The summed E-state index contributed by atoms with van der Waals surface area (Å²) in [5, 5.41) is 17.9. The van der Waals surface area contributed by atoms with E-state index in [4.69, 9.17) is 0 Å². The fourth-order valence-corrected chi connectivity index (χ4v) is 5.56. The normalized spacial score (nSPS) is 16.0. The van der Waals surface area contributed by atoms with Crippen molar-refractivity contribution in [3.8, 4) is 5.75 Å². The lowest BCUT2D eigenvalue weighted by atomic mass is 9.83. The Balaban J connectivity index is 0.00000320. The van der Waals surface area contributed by atoms with Crippen LogP contribution in [0.1, 0.15) is 66.2 Å². The lowest BCUT2D eigenvalue weighted by Gasteiger charge is -2.22. The van der Waals surface area contributed by atoms with Crippen LogP contribution in [-0.2, 0) is 6.54 Å². The highest BCUT2D eigenvalue weighted by Gasteiger charge is 2.30. The van der Waals surface area contributed by atoms with E-state index in [9.17, 15) is 9.90 Å². The molecule has 1 aliphatic rings. The van der Waals surface area contributed by atoms with E-state index in [2.05, 4.69) is 51.6 Å². The molecule has 2 atom stereocenters. The number of hydrogen-bond donors (Lipinski definition) is 3. The summed E-state index contributed by atoms with van der Waals surface area (Å²) in [5.74, 6) is 0.0283. The van der Waals surface area contributed by atoms with Crippen LogP contribution in [0.2, 0.25) is 0 Å². The maximum Gasteiger partial charge on any atom is 0.268 e. The molecule has 5 nitrogen and oxygen atoms in total. The Bertz CT molecular complexity index is 1330. The van der Waals surface area contributed by atoms with E-state index in [1.807, 2.05) is 44.2 Å². The first kappa shape index (κ1) is 26.8. The van der Waals surface area contributed by atoms with E-state index in [1.54, 1.807) is 12.1 Å². The topological polar surface area (TPSA) is 66.3 Å². The molecule has 5 rings (SSSR count). The third-order valence-corrected chi connectivity index (χ3v) is 7.16. The Morgan fingerprint density at radius 3 is 2.35 bits per heavy atom. The molecule has 1 aliphatic heterocycles. The van der Waals surface area contributed by atoms with Gasteiger partial charge in [-0.05, 0) is 69.0 Å². The molecule has 1 fully saturated rings. The van der Waals surface area contributed by atoms with Gasteiger partial charge in [-0.3, -0.25) is 4.79 Å². The van der Waals surface area contributed by atoms with Gasteiger partial charge in [-0.25, -0.2) is 0 Å². The zero-order chi connectivity index (χ0) is 25.1.